The van der Waals surface area contributed by atoms with Crippen molar-refractivity contribution in [3.05, 3.63) is 29.8 Å². The summed E-state index contributed by atoms with van der Waals surface area (Å²) in [6.45, 7) is 2.12. The second kappa shape index (κ2) is 7.13. The molecule has 0 radical (unpaired) electrons. The van der Waals surface area contributed by atoms with E-state index in [0.29, 0.717) is 6.04 Å². The van der Waals surface area contributed by atoms with Crippen LogP contribution in [0.15, 0.2) is 29.2 Å². The summed E-state index contributed by atoms with van der Waals surface area (Å²) < 4.78 is 22.5. The summed E-state index contributed by atoms with van der Waals surface area (Å²) in [4.78, 5) is 0.165. The van der Waals surface area contributed by atoms with Gasteiger partial charge in [-0.25, -0.2) is 13.6 Å². The number of sulfonamides is 1. The second-order valence-corrected chi connectivity index (χ2v) is 8.42. The third-order valence-electron chi connectivity index (χ3n) is 4.15. The Hall–Kier alpha value is -0.560. The fourth-order valence-corrected chi connectivity index (χ4v) is 4.25. The van der Waals surface area contributed by atoms with Gasteiger partial charge in [0.15, 0.2) is 0 Å². The van der Waals surface area contributed by atoms with Gasteiger partial charge < -0.3 is 5.32 Å². The van der Waals surface area contributed by atoms with Crippen LogP contribution in [0.1, 0.15) is 44.2 Å². The van der Waals surface area contributed by atoms with Gasteiger partial charge >= 0.3 is 0 Å². The summed E-state index contributed by atoms with van der Waals surface area (Å²) in [6, 6.07) is 7.59. The Morgan fingerprint density at radius 1 is 1.29 bits per heavy atom. The Morgan fingerprint density at radius 3 is 2.52 bits per heavy atom. The second-order valence-electron chi connectivity index (χ2n) is 5.72. The summed E-state index contributed by atoms with van der Waals surface area (Å²) in [5.41, 5.74) is 1.09. The van der Waals surface area contributed by atoms with Crippen LogP contribution in [-0.4, -0.2) is 26.0 Å². The van der Waals surface area contributed by atoms with Gasteiger partial charge in [-0.15, -0.1) is 0 Å². The summed E-state index contributed by atoms with van der Waals surface area (Å²) in [6.07, 6.45) is 7.21. The molecule has 3 N–H and O–H groups in total. The molecule has 2 rings (SSSR count). The first kappa shape index (κ1) is 16.8. The Morgan fingerprint density at radius 2 is 1.95 bits per heavy atom. The summed E-state index contributed by atoms with van der Waals surface area (Å²) >= 11 is 1.96. The van der Waals surface area contributed by atoms with E-state index in [0.717, 1.165) is 10.8 Å². The first-order valence-corrected chi connectivity index (χ1v) is 10.1. The molecule has 4 nitrogen and oxygen atoms in total. The lowest BCUT2D eigenvalue weighted by Crippen LogP contribution is -2.36. The third-order valence-corrected chi connectivity index (χ3v) is 6.18. The minimum absolute atomic E-state index is 0.165. The number of nitrogens with two attached hydrogens (primary N) is 1. The maximum absolute atomic E-state index is 11.3. The molecule has 1 aromatic carbocycles. The molecule has 1 aromatic rings. The molecule has 1 saturated carbocycles. The molecular formula is C15H24N2O2S2. The van der Waals surface area contributed by atoms with E-state index in [1.54, 1.807) is 12.1 Å². The third kappa shape index (κ3) is 4.71. The highest BCUT2D eigenvalue weighted by Gasteiger charge is 2.22. The zero-order chi connectivity index (χ0) is 15.5. The fraction of sp³-hybridized carbons (Fsp3) is 0.600. The number of thioether (sulfide) groups is 1. The average molecular weight is 329 g/mol. The predicted molar refractivity (Wildman–Crippen MR) is 88.9 cm³/mol. The number of primary sulfonamides is 1. The van der Waals surface area contributed by atoms with E-state index in [1.807, 2.05) is 23.9 Å². The topological polar surface area (TPSA) is 72.2 Å². The summed E-state index contributed by atoms with van der Waals surface area (Å²) in [7, 11) is -3.61. The number of hydrogen-bond acceptors (Lipinski definition) is 4. The highest BCUT2D eigenvalue weighted by molar-refractivity contribution is 7.99. The fourth-order valence-electron chi connectivity index (χ4n) is 2.91. The predicted octanol–water partition coefficient (Wildman–Crippen LogP) is 2.66. The van der Waals surface area contributed by atoms with Gasteiger partial charge in [0.1, 0.15) is 0 Å². The van der Waals surface area contributed by atoms with Gasteiger partial charge in [0.25, 0.3) is 0 Å². The highest BCUT2D eigenvalue weighted by Crippen LogP contribution is 2.28. The molecule has 0 heterocycles. The molecular weight excluding hydrogens is 304 g/mol. The smallest absolute Gasteiger partial charge is 0.238 e. The van der Waals surface area contributed by atoms with Gasteiger partial charge in [-0.1, -0.05) is 18.6 Å². The van der Waals surface area contributed by atoms with Crippen LogP contribution >= 0.6 is 11.8 Å². The number of hydrogen-bond donors (Lipinski definition) is 2. The average Bonchev–Trinajstić information content (AvgIpc) is 2.46. The van der Waals surface area contributed by atoms with Crippen molar-refractivity contribution in [1.82, 2.24) is 5.32 Å². The first-order valence-electron chi connectivity index (χ1n) is 7.31. The van der Waals surface area contributed by atoms with Crippen LogP contribution in [0, 0.1) is 0 Å². The maximum Gasteiger partial charge on any atom is 0.238 e. The monoisotopic (exact) mass is 328 g/mol. The highest BCUT2D eigenvalue weighted by atomic mass is 32.2. The van der Waals surface area contributed by atoms with Crippen molar-refractivity contribution in [2.45, 2.75) is 54.8 Å². The van der Waals surface area contributed by atoms with Crippen LogP contribution in [0.25, 0.3) is 0 Å². The van der Waals surface area contributed by atoms with E-state index < -0.39 is 10.0 Å². The molecule has 3 atom stereocenters. The minimum atomic E-state index is -3.61. The van der Waals surface area contributed by atoms with E-state index in [9.17, 15) is 8.42 Å². The minimum Gasteiger partial charge on any atom is -0.307 e. The van der Waals surface area contributed by atoms with E-state index in [4.69, 9.17) is 5.14 Å². The van der Waals surface area contributed by atoms with Gasteiger partial charge in [-0.3, -0.25) is 0 Å². The molecule has 0 spiro atoms. The first-order chi connectivity index (χ1) is 9.90. The molecule has 0 amide bonds. The zero-order valence-corrected chi connectivity index (χ0v) is 14.2. The van der Waals surface area contributed by atoms with Crippen molar-refractivity contribution >= 4 is 21.8 Å². The zero-order valence-electron chi connectivity index (χ0n) is 12.6. The Kier molecular flexibility index (Phi) is 5.71. The molecule has 0 aliphatic heterocycles. The van der Waals surface area contributed by atoms with Crippen molar-refractivity contribution in [3.63, 3.8) is 0 Å². The van der Waals surface area contributed by atoms with Crippen LogP contribution in [0.4, 0.5) is 0 Å². The molecule has 21 heavy (non-hydrogen) atoms. The molecule has 1 aliphatic carbocycles. The van der Waals surface area contributed by atoms with Crippen molar-refractivity contribution in [3.8, 4) is 0 Å². The Labute approximate surface area is 131 Å². The van der Waals surface area contributed by atoms with Gasteiger partial charge in [0.05, 0.1) is 4.90 Å². The van der Waals surface area contributed by atoms with Gasteiger partial charge in [-0.2, -0.15) is 11.8 Å². The lowest BCUT2D eigenvalue weighted by atomic mass is 9.93. The van der Waals surface area contributed by atoms with E-state index in [1.165, 1.54) is 25.7 Å². The Balaban J connectivity index is 1.98. The number of benzene rings is 1. The lowest BCUT2D eigenvalue weighted by Gasteiger charge is -2.31. The SMILES string of the molecule is CSC1CCCC(NC(C)c2ccc(S(N)(=O)=O)cc2)C1. The largest absolute Gasteiger partial charge is 0.307 e. The maximum atomic E-state index is 11.3. The van der Waals surface area contributed by atoms with E-state index in [2.05, 4.69) is 18.5 Å². The molecule has 0 aromatic heterocycles. The van der Waals surface area contributed by atoms with Gasteiger partial charge in [0.2, 0.25) is 10.0 Å². The lowest BCUT2D eigenvalue weighted by molar-refractivity contribution is 0.353. The van der Waals surface area contributed by atoms with Crippen molar-refractivity contribution in [2.24, 2.45) is 5.14 Å². The molecule has 6 heteroatoms. The molecule has 118 valence electrons. The summed E-state index contributed by atoms with van der Waals surface area (Å²) in [5.74, 6) is 0. The van der Waals surface area contributed by atoms with Gasteiger partial charge in [0, 0.05) is 17.3 Å². The normalized spacial score (nSPS) is 24.7. The molecule has 0 saturated heterocycles. The number of rotatable bonds is 5. The molecule has 1 aliphatic rings. The van der Waals surface area contributed by atoms with Crippen molar-refractivity contribution in [1.29, 1.82) is 0 Å². The Bertz CT molecular complexity index is 558. The van der Waals surface area contributed by atoms with Crippen LogP contribution < -0.4 is 10.5 Å². The van der Waals surface area contributed by atoms with E-state index in [-0.39, 0.29) is 10.9 Å². The van der Waals surface area contributed by atoms with Crippen LogP contribution in [-0.2, 0) is 10.0 Å². The molecule has 3 unspecified atom stereocenters. The quantitative estimate of drug-likeness (QED) is 0.871. The van der Waals surface area contributed by atoms with Crippen LogP contribution in [0.5, 0.6) is 0 Å². The van der Waals surface area contributed by atoms with Crippen molar-refractivity contribution < 1.29 is 8.42 Å². The number of nitrogens with one attached hydrogen (secondary N) is 1. The molecule has 0 bridgehead atoms. The van der Waals surface area contributed by atoms with E-state index >= 15 is 0 Å². The standard InChI is InChI=1S/C15H24N2O2S2/c1-11(17-13-4-3-5-14(10-13)20-2)12-6-8-15(9-7-12)21(16,18)19/h6-9,11,13-14,17H,3-5,10H2,1-2H3,(H2,16,18,19). The summed E-state index contributed by atoms with van der Waals surface area (Å²) in [5, 5.41) is 9.54. The van der Waals surface area contributed by atoms with Crippen LogP contribution in [0.2, 0.25) is 0 Å². The molecule has 1 fully saturated rings. The van der Waals surface area contributed by atoms with Crippen molar-refractivity contribution in [2.75, 3.05) is 6.26 Å². The van der Waals surface area contributed by atoms with Crippen LogP contribution in [0.3, 0.4) is 0 Å². The van der Waals surface area contributed by atoms with Gasteiger partial charge in [-0.05, 0) is 50.1 Å².